The van der Waals surface area contributed by atoms with E-state index in [9.17, 15) is 4.79 Å². The van der Waals surface area contributed by atoms with Gasteiger partial charge < -0.3 is 0 Å². The molecule has 2 aromatic carbocycles. The summed E-state index contributed by atoms with van der Waals surface area (Å²) in [6.07, 6.45) is 0.881. The molecule has 1 heterocycles. The average molecular weight is 265 g/mol. The molecule has 0 N–H and O–H groups in total. The largest absolute Gasteiger partial charge is 0.297 e. The maximum atomic E-state index is 11.2. The van der Waals surface area contributed by atoms with Crippen molar-refractivity contribution >= 4 is 17.6 Å². The zero-order chi connectivity index (χ0) is 13.1. The highest BCUT2D eigenvalue weighted by molar-refractivity contribution is 7.17. The third-order valence-electron chi connectivity index (χ3n) is 2.83. The molecule has 1 aromatic heterocycles. The van der Waals surface area contributed by atoms with Gasteiger partial charge in [0.1, 0.15) is 5.01 Å². The van der Waals surface area contributed by atoms with E-state index in [-0.39, 0.29) is 0 Å². The van der Waals surface area contributed by atoms with Gasteiger partial charge in [0, 0.05) is 11.1 Å². The number of aldehydes is 1. The van der Waals surface area contributed by atoms with Gasteiger partial charge in [0.25, 0.3) is 0 Å². The van der Waals surface area contributed by atoms with E-state index in [1.807, 2.05) is 60.7 Å². The highest BCUT2D eigenvalue weighted by Crippen LogP contribution is 2.32. The first-order valence-electron chi connectivity index (χ1n) is 5.95. The van der Waals surface area contributed by atoms with Crippen molar-refractivity contribution in [2.75, 3.05) is 0 Å². The Kier molecular flexibility index (Phi) is 3.21. The Morgan fingerprint density at radius 2 is 1.42 bits per heavy atom. The molecule has 92 valence electrons. The van der Waals surface area contributed by atoms with Gasteiger partial charge in [-0.2, -0.15) is 0 Å². The third-order valence-corrected chi connectivity index (χ3v) is 3.86. The normalized spacial score (nSPS) is 10.3. The van der Waals surface area contributed by atoms with E-state index in [4.69, 9.17) is 0 Å². The van der Waals surface area contributed by atoms with Crippen molar-refractivity contribution in [1.29, 1.82) is 0 Å². The van der Waals surface area contributed by atoms with Crippen LogP contribution in [0.1, 0.15) is 9.67 Å². The van der Waals surface area contributed by atoms with Crippen LogP contribution >= 0.6 is 11.3 Å². The van der Waals surface area contributed by atoms with Crippen LogP contribution in [0.25, 0.3) is 21.8 Å². The van der Waals surface area contributed by atoms with Crippen molar-refractivity contribution in [1.82, 2.24) is 4.98 Å². The maximum absolute atomic E-state index is 11.2. The van der Waals surface area contributed by atoms with Crippen molar-refractivity contribution in [2.24, 2.45) is 0 Å². The summed E-state index contributed by atoms with van der Waals surface area (Å²) in [4.78, 5) is 16.5. The van der Waals surface area contributed by atoms with Gasteiger partial charge in [0.15, 0.2) is 6.29 Å². The van der Waals surface area contributed by atoms with Crippen LogP contribution in [0.5, 0.6) is 0 Å². The summed E-state index contributed by atoms with van der Waals surface area (Å²) >= 11 is 1.43. The van der Waals surface area contributed by atoms with E-state index < -0.39 is 0 Å². The van der Waals surface area contributed by atoms with E-state index in [1.165, 1.54) is 11.3 Å². The Morgan fingerprint density at radius 3 is 2.00 bits per heavy atom. The van der Waals surface area contributed by atoms with E-state index in [1.54, 1.807) is 0 Å². The van der Waals surface area contributed by atoms with Crippen LogP contribution in [-0.2, 0) is 0 Å². The van der Waals surface area contributed by atoms with Crippen LogP contribution in [0.3, 0.4) is 0 Å². The molecule has 3 heteroatoms. The van der Waals surface area contributed by atoms with Crippen LogP contribution in [0.15, 0.2) is 60.7 Å². The zero-order valence-corrected chi connectivity index (χ0v) is 10.9. The first kappa shape index (κ1) is 11.8. The lowest BCUT2D eigenvalue weighted by Crippen LogP contribution is -1.82. The van der Waals surface area contributed by atoms with Gasteiger partial charge in [0.05, 0.1) is 10.6 Å². The number of hydrogen-bond acceptors (Lipinski definition) is 3. The fourth-order valence-corrected chi connectivity index (χ4v) is 2.83. The summed E-state index contributed by atoms with van der Waals surface area (Å²) in [7, 11) is 0. The molecule has 0 amide bonds. The maximum Gasteiger partial charge on any atom is 0.162 e. The van der Waals surface area contributed by atoms with Crippen LogP contribution < -0.4 is 0 Å². The number of benzene rings is 2. The molecular formula is C16H11NOS. The smallest absolute Gasteiger partial charge is 0.162 e. The number of aromatic nitrogens is 1. The number of rotatable bonds is 3. The van der Waals surface area contributed by atoms with Crippen LogP contribution in [0, 0.1) is 0 Å². The van der Waals surface area contributed by atoms with Gasteiger partial charge in [-0.3, -0.25) is 4.79 Å². The molecule has 19 heavy (non-hydrogen) atoms. The number of carbonyl (C=O) groups excluding carboxylic acids is 1. The Morgan fingerprint density at radius 1 is 0.842 bits per heavy atom. The fraction of sp³-hybridized carbons (Fsp3) is 0. The zero-order valence-electron chi connectivity index (χ0n) is 10.1. The molecule has 0 saturated carbocycles. The summed E-state index contributed by atoms with van der Waals surface area (Å²) in [5.74, 6) is 0. The minimum absolute atomic E-state index is 0.671. The molecule has 0 atom stereocenters. The van der Waals surface area contributed by atoms with E-state index >= 15 is 0 Å². The molecule has 0 unspecified atom stereocenters. The minimum Gasteiger partial charge on any atom is -0.297 e. The molecule has 0 radical (unpaired) electrons. The van der Waals surface area contributed by atoms with E-state index in [0.717, 1.165) is 28.1 Å². The summed E-state index contributed by atoms with van der Waals surface area (Å²) in [6, 6.07) is 19.7. The van der Waals surface area contributed by atoms with Crippen molar-refractivity contribution in [3.8, 4) is 21.8 Å². The molecule has 0 fully saturated rings. The summed E-state index contributed by atoms with van der Waals surface area (Å²) in [5, 5.41) is 0.876. The lowest BCUT2D eigenvalue weighted by molar-refractivity contribution is 0.112. The Balaban J connectivity index is 2.12. The van der Waals surface area contributed by atoms with Crippen molar-refractivity contribution in [3.63, 3.8) is 0 Å². The van der Waals surface area contributed by atoms with Gasteiger partial charge in [-0.15, -0.1) is 11.3 Å². The highest BCUT2D eigenvalue weighted by atomic mass is 32.1. The predicted molar refractivity (Wildman–Crippen MR) is 78.4 cm³/mol. The van der Waals surface area contributed by atoms with E-state index in [0.29, 0.717) is 4.88 Å². The number of hydrogen-bond donors (Lipinski definition) is 0. The van der Waals surface area contributed by atoms with Crippen LogP contribution in [0.2, 0.25) is 0 Å². The summed E-state index contributed by atoms with van der Waals surface area (Å²) < 4.78 is 0. The molecule has 0 saturated heterocycles. The molecule has 0 aliphatic carbocycles. The lowest BCUT2D eigenvalue weighted by Gasteiger charge is -1.96. The number of carbonyl (C=O) groups is 1. The van der Waals surface area contributed by atoms with Crippen LogP contribution in [-0.4, -0.2) is 11.3 Å². The van der Waals surface area contributed by atoms with Gasteiger partial charge >= 0.3 is 0 Å². The quantitative estimate of drug-likeness (QED) is 0.661. The van der Waals surface area contributed by atoms with Crippen LogP contribution in [0.4, 0.5) is 0 Å². The lowest BCUT2D eigenvalue weighted by atomic mass is 10.1. The Hall–Kier alpha value is -2.26. The monoisotopic (exact) mass is 265 g/mol. The van der Waals surface area contributed by atoms with Gasteiger partial charge in [-0.1, -0.05) is 60.7 Å². The summed E-state index contributed by atoms with van der Waals surface area (Å²) in [5.41, 5.74) is 2.78. The topological polar surface area (TPSA) is 30.0 Å². The first-order chi connectivity index (χ1) is 9.38. The molecule has 3 rings (SSSR count). The molecule has 2 nitrogen and oxygen atoms in total. The number of thiazole rings is 1. The highest BCUT2D eigenvalue weighted by Gasteiger charge is 2.13. The van der Waals surface area contributed by atoms with Crippen molar-refractivity contribution in [2.45, 2.75) is 0 Å². The molecule has 3 aromatic rings. The molecule has 0 bridgehead atoms. The fourth-order valence-electron chi connectivity index (χ4n) is 1.92. The Bertz CT molecular complexity index is 689. The SMILES string of the molecule is O=Cc1sc(-c2ccccc2)nc1-c1ccccc1. The standard InChI is InChI=1S/C16H11NOS/c18-11-14-15(12-7-3-1-4-8-12)17-16(19-14)13-9-5-2-6-10-13/h1-11H. The van der Waals surface area contributed by atoms with E-state index in [2.05, 4.69) is 4.98 Å². The number of nitrogens with zero attached hydrogens (tertiary/aromatic N) is 1. The second-order valence-electron chi connectivity index (χ2n) is 4.08. The first-order valence-corrected chi connectivity index (χ1v) is 6.77. The second-order valence-corrected chi connectivity index (χ2v) is 5.11. The molecular weight excluding hydrogens is 254 g/mol. The summed E-state index contributed by atoms with van der Waals surface area (Å²) in [6.45, 7) is 0. The molecule has 0 aliphatic heterocycles. The minimum atomic E-state index is 0.671. The average Bonchev–Trinajstić information content (AvgIpc) is 2.93. The molecule has 0 aliphatic rings. The Labute approximate surface area is 115 Å². The van der Waals surface area contributed by atoms with Gasteiger partial charge in [0.2, 0.25) is 0 Å². The molecule has 0 spiro atoms. The third kappa shape index (κ3) is 2.33. The second kappa shape index (κ2) is 5.16. The van der Waals surface area contributed by atoms with Crippen molar-refractivity contribution in [3.05, 3.63) is 65.5 Å². The van der Waals surface area contributed by atoms with Gasteiger partial charge in [-0.05, 0) is 0 Å². The van der Waals surface area contributed by atoms with Gasteiger partial charge in [-0.25, -0.2) is 4.98 Å². The van der Waals surface area contributed by atoms with Crippen molar-refractivity contribution < 1.29 is 4.79 Å². The predicted octanol–water partition coefficient (Wildman–Crippen LogP) is 4.29.